The Hall–Kier alpha value is -1.77. The summed E-state index contributed by atoms with van der Waals surface area (Å²) in [4.78, 5) is 11.9. The number of allylic oxidation sites excluding steroid dienone is 1. The summed E-state index contributed by atoms with van der Waals surface area (Å²) in [6.45, 7) is 5.92. The van der Waals surface area contributed by atoms with Gasteiger partial charge in [0.15, 0.2) is 11.5 Å². The van der Waals surface area contributed by atoms with E-state index in [1.165, 1.54) is 25.7 Å². The molecular weight excluding hydrogens is 276 g/mol. The Bertz CT molecular complexity index is 466. The lowest BCUT2D eigenvalue weighted by atomic mass is 10.1. The van der Waals surface area contributed by atoms with E-state index in [9.17, 15) is 4.79 Å². The van der Waals surface area contributed by atoms with Crippen molar-refractivity contribution < 1.29 is 14.3 Å². The summed E-state index contributed by atoms with van der Waals surface area (Å²) in [6.07, 6.45) is 10.0. The van der Waals surface area contributed by atoms with Crippen LogP contribution in [-0.4, -0.2) is 13.1 Å². The van der Waals surface area contributed by atoms with Gasteiger partial charge in [0.25, 0.3) is 0 Å². The largest absolute Gasteiger partial charge is 0.493 e. The maximum absolute atomic E-state index is 11.9. The van der Waals surface area contributed by atoms with Crippen LogP contribution in [0.1, 0.15) is 57.4 Å². The summed E-state index contributed by atoms with van der Waals surface area (Å²) in [5, 5.41) is 0. The Morgan fingerprint density at radius 2 is 1.86 bits per heavy atom. The predicted molar refractivity (Wildman–Crippen MR) is 90.5 cm³/mol. The second kappa shape index (κ2) is 10.9. The molecule has 0 spiro atoms. The van der Waals surface area contributed by atoms with Gasteiger partial charge in [0.05, 0.1) is 7.11 Å². The molecule has 0 heterocycles. The maximum Gasteiger partial charge on any atom is 0.311 e. The Morgan fingerprint density at radius 3 is 2.55 bits per heavy atom. The molecule has 0 saturated heterocycles. The minimum atomic E-state index is -0.190. The highest BCUT2D eigenvalue weighted by atomic mass is 16.6. The molecular formula is C19H28O3. The van der Waals surface area contributed by atoms with Crippen molar-refractivity contribution in [1.82, 2.24) is 0 Å². The average molecular weight is 304 g/mol. The highest BCUT2D eigenvalue weighted by Gasteiger charge is 2.10. The summed E-state index contributed by atoms with van der Waals surface area (Å²) >= 11 is 0. The fraction of sp³-hybridized carbons (Fsp3) is 0.526. The van der Waals surface area contributed by atoms with Crippen molar-refractivity contribution in [3.05, 3.63) is 36.4 Å². The Morgan fingerprint density at radius 1 is 1.14 bits per heavy atom. The molecule has 0 aliphatic rings. The third kappa shape index (κ3) is 6.79. The lowest BCUT2D eigenvalue weighted by Gasteiger charge is -2.10. The van der Waals surface area contributed by atoms with Gasteiger partial charge in [-0.3, -0.25) is 4.79 Å². The minimum absolute atomic E-state index is 0.190. The second-order valence-corrected chi connectivity index (χ2v) is 5.47. The molecule has 0 bridgehead atoms. The van der Waals surface area contributed by atoms with Gasteiger partial charge >= 0.3 is 5.97 Å². The Labute approximate surface area is 134 Å². The molecule has 0 fully saturated rings. The van der Waals surface area contributed by atoms with Gasteiger partial charge in [-0.25, -0.2) is 0 Å². The number of hydrogen-bond acceptors (Lipinski definition) is 3. The number of unbranched alkanes of at least 4 members (excludes halogenated alkanes) is 5. The van der Waals surface area contributed by atoms with Crippen molar-refractivity contribution in [2.75, 3.05) is 7.11 Å². The molecule has 22 heavy (non-hydrogen) atoms. The zero-order valence-corrected chi connectivity index (χ0v) is 13.9. The lowest BCUT2D eigenvalue weighted by Crippen LogP contribution is -2.08. The van der Waals surface area contributed by atoms with Crippen molar-refractivity contribution in [2.45, 2.75) is 58.3 Å². The summed E-state index contributed by atoms with van der Waals surface area (Å²) < 4.78 is 10.7. The molecule has 122 valence electrons. The first kappa shape index (κ1) is 18.3. The molecule has 0 amide bonds. The van der Waals surface area contributed by atoms with Gasteiger partial charge in [-0.15, -0.1) is 6.58 Å². The molecule has 1 aromatic rings. The van der Waals surface area contributed by atoms with E-state index in [0.29, 0.717) is 17.9 Å². The van der Waals surface area contributed by atoms with E-state index in [-0.39, 0.29) is 5.97 Å². The fourth-order valence-electron chi connectivity index (χ4n) is 2.31. The Kier molecular flexibility index (Phi) is 9.04. The number of rotatable bonds is 11. The van der Waals surface area contributed by atoms with Gasteiger partial charge in [-0.1, -0.05) is 51.2 Å². The molecule has 3 heteroatoms. The first-order chi connectivity index (χ1) is 10.7. The molecule has 0 aromatic heterocycles. The van der Waals surface area contributed by atoms with Crippen LogP contribution in [0.4, 0.5) is 0 Å². The standard InChI is InChI=1S/C19H28O3/c1-4-6-7-8-9-10-12-19(20)22-17-14-13-16(11-5-2)15-18(17)21-3/h5,13-15H,2,4,6-12H2,1,3H3. The number of benzene rings is 1. The van der Waals surface area contributed by atoms with Crippen LogP contribution in [0.3, 0.4) is 0 Å². The topological polar surface area (TPSA) is 35.5 Å². The van der Waals surface area contributed by atoms with Gasteiger partial charge in [0.1, 0.15) is 0 Å². The number of hydrogen-bond donors (Lipinski definition) is 0. The molecule has 1 rings (SSSR count). The van der Waals surface area contributed by atoms with Crippen LogP contribution in [0.15, 0.2) is 30.9 Å². The van der Waals surface area contributed by atoms with Crippen molar-refractivity contribution in [2.24, 2.45) is 0 Å². The lowest BCUT2D eigenvalue weighted by molar-refractivity contribution is -0.134. The van der Waals surface area contributed by atoms with Crippen molar-refractivity contribution in [3.63, 3.8) is 0 Å². The van der Waals surface area contributed by atoms with Gasteiger partial charge in [-0.05, 0) is 30.5 Å². The number of carbonyl (C=O) groups is 1. The molecule has 0 saturated carbocycles. The van der Waals surface area contributed by atoms with Crippen LogP contribution in [0.25, 0.3) is 0 Å². The first-order valence-electron chi connectivity index (χ1n) is 8.19. The number of methoxy groups -OCH3 is 1. The smallest absolute Gasteiger partial charge is 0.311 e. The van der Waals surface area contributed by atoms with Crippen LogP contribution in [0.2, 0.25) is 0 Å². The molecule has 0 aliphatic heterocycles. The zero-order chi connectivity index (χ0) is 16.2. The van der Waals surface area contributed by atoms with E-state index in [4.69, 9.17) is 9.47 Å². The quantitative estimate of drug-likeness (QED) is 0.247. The molecule has 0 radical (unpaired) electrons. The summed E-state index contributed by atoms with van der Waals surface area (Å²) in [7, 11) is 1.58. The normalized spacial score (nSPS) is 10.3. The second-order valence-electron chi connectivity index (χ2n) is 5.47. The van der Waals surface area contributed by atoms with E-state index in [2.05, 4.69) is 13.5 Å². The molecule has 0 atom stereocenters. The molecule has 0 unspecified atom stereocenters. The number of carbonyl (C=O) groups excluding carboxylic acids is 1. The van der Waals surface area contributed by atoms with Crippen LogP contribution in [-0.2, 0) is 11.2 Å². The molecule has 0 aliphatic carbocycles. The highest BCUT2D eigenvalue weighted by Crippen LogP contribution is 2.28. The highest BCUT2D eigenvalue weighted by molar-refractivity contribution is 5.73. The third-order valence-corrected chi connectivity index (χ3v) is 3.57. The third-order valence-electron chi connectivity index (χ3n) is 3.57. The van der Waals surface area contributed by atoms with Crippen LogP contribution in [0.5, 0.6) is 11.5 Å². The molecule has 1 aromatic carbocycles. The van der Waals surface area contributed by atoms with Crippen molar-refractivity contribution >= 4 is 5.97 Å². The van der Waals surface area contributed by atoms with Gasteiger partial charge in [-0.2, -0.15) is 0 Å². The first-order valence-corrected chi connectivity index (χ1v) is 8.19. The van der Waals surface area contributed by atoms with Gasteiger partial charge in [0.2, 0.25) is 0 Å². The van der Waals surface area contributed by atoms with E-state index in [0.717, 1.165) is 24.8 Å². The summed E-state index contributed by atoms with van der Waals surface area (Å²) in [5.74, 6) is 0.896. The Balaban J connectivity index is 2.41. The average Bonchev–Trinajstić information content (AvgIpc) is 2.52. The van der Waals surface area contributed by atoms with E-state index in [1.807, 2.05) is 18.2 Å². The fourth-order valence-corrected chi connectivity index (χ4v) is 2.31. The van der Waals surface area contributed by atoms with Crippen LogP contribution >= 0.6 is 0 Å². The summed E-state index contributed by atoms with van der Waals surface area (Å²) in [5.41, 5.74) is 1.09. The van der Waals surface area contributed by atoms with Crippen LogP contribution < -0.4 is 9.47 Å². The molecule has 0 N–H and O–H groups in total. The zero-order valence-electron chi connectivity index (χ0n) is 13.9. The van der Waals surface area contributed by atoms with Crippen molar-refractivity contribution in [3.8, 4) is 11.5 Å². The number of esters is 1. The number of ether oxygens (including phenoxy) is 2. The van der Waals surface area contributed by atoms with Crippen LogP contribution in [0, 0.1) is 0 Å². The minimum Gasteiger partial charge on any atom is -0.493 e. The summed E-state index contributed by atoms with van der Waals surface area (Å²) in [6, 6.07) is 5.60. The predicted octanol–water partition coefficient (Wildman–Crippen LogP) is 5.08. The SMILES string of the molecule is C=CCc1ccc(OC(=O)CCCCCCCC)c(OC)c1. The van der Waals surface area contributed by atoms with Gasteiger partial charge < -0.3 is 9.47 Å². The van der Waals surface area contributed by atoms with E-state index >= 15 is 0 Å². The van der Waals surface area contributed by atoms with E-state index < -0.39 is 0 Å². The monoisotopic (exact) mass is 304 g/mol. The van der Waals surface area contributed by atoms with Crippen molar-refractivity contribution in [1.29, 1.82) is 0 Å². The van der Waals surface area contributed by atoms with Gasteiger partial charge in [0, 0.05) is 6.42 Å². The maximum atomic E-state index is 11.9. The van der Waals surface area contributed by atoms with E-state index in [1.54, 1.807) is 13.2 Å². The molecule has 3 nitrogen and oxygen atoms in total.